The average molecular weight is 250 g/mol. The molecular weight excluding hydrogens is 238 g/mol. The molecule has 0 N–H and O–H groups in total. The highest BCUT2D eigenvalue weighted by Crippen LogP contribution is 2.21. The van der Waals surface area contributed by atoms with Crippen LogP contribution in [0.25, 0.3) is 0 Å². The lowest BCUT2D eigenvalue weighted by Crippen LogP contribution is -2.10. The predicted molar refractivity (Wildman–Crippen MR) is 56.6 cm³/mol. The fourth-order valence-electron chi connectivity index (χ4n) is 0.982. The zero-order valence-corrected chi connectivity index (χ0v) is 9.72. The third-order valence-electron chi connectivity index (χ3n) is 1.56. The van der Waals surface area contributed by atoms with E-state index in [1.165, 1.54) is 12.1 Å². The average Bonchev–Trinajstić information content (AvgIpc) is 2.61. The van der Waals surface area contributed by atoms with Gasteiger partial charge in [-0.2, -0.15) is 8.78 Å². The number of hydrogen-bond acceptors (Lipinski definition) is 4. The van der Waals surface area contributed by atoms with Gasteiger partial charge in [-0.05, 0) is 26.0 Å². The maximum atomic E-state index is 11.9. The van der Waals surface area contributed by atoms with Gasteiger partial charge in [-0.25, -0.2) is 4.79 Å². The molecule has 0 aliphatic heterocycles. The van der Waals surface area contributed by atoms with Crippen LogP contribution in [-0.2, 0) is 10.5 Å². The third-order valence-corrected chi connectivity index (χ3v) is 2.26. The number of carbonyl (C=O) groups excluding carboxylic acids is 1. The molecule has 0 saturated heterocycles. The molecule has 6 heteroatoms. The molecule has 90 valence electrons. The molecule has 16 heavy (non-hydrogen) atoms. The maximum Gasteiger partial charge on any atom is 0.374 e. The molecule has 0 amide bonds. The van der Waals surface area contributed by atoms with Crippen molar-refractivity contribution in [1.29, 1.82) is 0 Å². The first-order valence-electron chi connectivity index (χ1n) is 4.68. The van der Waals surface area contributed by atoms with Gasteiger partial charge in [-0.3, -0.25) is 0 Å². The number of thioether (sulfide) groups is 1. The van der Waals surface area contributed by atoms with Crippen LogP contribution < -0.4 is 0 Å². The molecule has 0 aliphatic carbocycles. The lowest BCUT2D eigenvalue weighted by molar-refractivity contribution is 0.0340. The number of furan rings is 1. The summed E-state index contributed by atoms with van der Waals surface area (Å²) in [5, 5.41) is 0. The maximum absolute atomic E-state index is 11.9. The molecule has 0 unspecified atom stereocenters. The molecule has 0 aliphatic rings. The van der Waals surface area contributed by atoms with Gasteiger partial charge in [0.1, 0.15) is 5.76 Å². The summed E-state index contributed by atoms with van der Waals surface area (Å²) in [5.41, 5.74) is 0. The summed E-state index contributed by atoms with van der Waals surface area (Å²) in [4.78, 5) is 11.3. The zero-order chi connectivity index (χ0) is 12.1. The molecule has 0 saturated carbocycles. The number of carbonyl (C=O) groups is 1. The highest BCUT2D eigenvalue weighted by Gasteiger charge is 2.14. The standard InChI is InChI=1S/C10H12F2O3S/c1-6(2)14-9(13)8-4-3-7(15-8)5-16-10(11)12/h3-4,6,10H,5H2,1-2H3. The van der Waals surface area contributed by atoms with Crippen LogP contribution in [0.1, 0.15) is 30.2 Å². The molecule has 1 aromatic heterocycles. The minimum absolute atomic E-state index is 0.0344. The van der Waals surface area contributed by atoms with Gasteiger partial charge < -0.3 is 9.15 Å². The lowest BCUT2D eigenvalue weighted by Gasteiger charge is -2.04. The van der Waals surface area contributed by atoms with Crippen LogP contribution in [0.2, 0.25) is 0 Å². The normalized spacial score (nSPS) is 11.1. The van der Waals surface area contributed by atoms with Crippen molar-refractivity contribution in [3.8, 4) is 0 Å². The molecule has 1 heterocycles. The number of rotatable bonds is 5. The first-order valence-corrected chi connectivity index (χ1v) is 5.73. The van der Waals surface area contributed by atoms with Crippen molar-refractivity contribution in [2.24, 2.45) is 0 Å². The van der Waals surface area contributed by atoms with E-state index < -0.39 is 11.7 Å². The van der Waals surface area contributed by atoms with Crippen LogP contribution in [0, 0.1) is 0 Å². The van der Waals surface area contributed by atoms with Gasteiger partial charge in [0, 0.05) is 0 Å². The Morgan fingerprint density at radius 3 is 2.75 bits per heavy atom. The first-order chi connectivity index (χ1) is 7.49. The molecule has 0 bridgehead atoms. The fraction of sp³-hybridized carbons (Fsp3) is 0.500. The quantitative estimate of drug-likeness (QED) is 0.752. The van der Waals surface area contributed by atoms with E-state index in [1.807, 2.05) is 0 Å². The molecule has 0 atom stereocenters. The summed E-state index contributed by atoms with van der Waals surface area (Å²) in [6.07, 6.45) is -0.239. The fourth-order valence-corrected chi connectivity index (χ4v) is 1.43. The molecule has 0 radical (unpaired) electrons. The van der Waals surface area contributed by atoms with Gasteiger partial charge >= 0.3 is 5.97 Å². The molecule has 0 fully saturated rings. The van der Waals surface area contributed by atoms with Crippen molar-refractivity contribution >= 4 is 17.7 Å². The Kier molecular flexibility index (Phi) is 4.79. The number of ether oxygens (including phenoxy) is 1. The van der Waals surface area contributed by atoms with Crippen LogP contribution in [0.15, 0.2) is 16.5 Å². The minimum atomic E-state index is -2.45. The van der Waals surface area contributed by atoms with E-state index in [0.29, 0.717) is 17.5 Å². The Morgan fingerprint density at radius 2 is 2.19 bits per heavy atom. The van der Waals surface area contributed by atoms with Crippen LogP contribution in [-0.4, -0.2) is 17.8 Å². The van der Waals surface area contributed by atoms with E-state index in [1.54, 1.807) is 13.8 Å². The molecular formula is C10H12F2O3S. The summed E-state index contributed by atoms with van der Waals surface area (Å²) in [6.45, 7) is 3.43. The van der Waals surface area contributed by atoms with Crippen LogP contribution in [0.5, 0.6) is 0 Å². The first kappa shape index (κ1) is 13.0. The highest BCUT2D eigenvalue weighted by molar-refractivity contribution is 7.98. The van der Waals surface area contributed by atoms with Crippen molar-refractivity contribution in [1.82, 2.24) is 0 Å². The number of alkyl halides is 2. The summed E-state index contributed by atoms with van der Waals surface area (Å²) >= 11 is 0.444. The van der Waals surface area contributed by atoms with Crippen molar-refractivity contribution in [2.75, 3.05) is 0 Å². The van der Waals surface area contributed by atoms with Crippen molar-refractivity contribution in [3.05, 3.63) is 23.7 Å². The molecule has 0 aromatic carbocycles. The van der Waals surface area contributed by atoms with Gasteiger partial charge in [0.2, 0.25) is 5.76 Å². The second-order valence-electron chi connectivity index (χ2n) is 3.29. The van der Waals surface area contributed by atoms with E-state index >= 15 is 0 Å². The SMILES string of the molecule is CC(C)OC(=O)c1ccc(CSC(F)F)o1. The highest BCUT2D eigenvalue weighted by atomic mass is 32.2. The third kappa shape index (κ3) is 4.22. The van der Waals surface area contributed by atoms with Gasteiger partial charge in [0.05, 0.1) is 11.9 Å². The number of halogens is 2. The zero-order valence-electron chi connectivity index (χ0n) is 8.91. The lowest BCUT2D eigenvalue weighted by atomic mass is 10.4. The van der Waals surface area contributed by atoms with Crippen molar-refractivity contribution in [2.45, 2.75) is 31.5 Å². The molecule has 0 spiro atoms. The largest absolute Gasteiger partial charge is 0.457 e. The second kappa shape index (κ2) is 5.89. The van der Waals surface area contributed by atoms with Crippen molar-refractivity contribution < 1.29 is 22.7 Å². The second-order valence-corrected chi connectivity index (χ2v) is 4.27. The number of hydrogen-bond donors (Lipinski definition) is 0. The van der Waals surface area contributed by atoms with Gasteiger partial charge in [0.25, 0.3) is 5.76 Å². The van der Waals surface area contributed by atoms with E-state index in [9.17, 15) is 13.6 Å². The molecule has 1 aromatic rings. The van der Waals surface area contributed by atoms with E-state index in [4.69, 9.17) is 9.15 Å². The Labute approximate surface area is 96.1 Å². The molecule has 3 nitrogen and oxygen atoms in total. The predicted octanol–water partition coefficient (Wildman–Crippen LogP) is 3.30. The summed E-state index contributed by atoms with van der Waals surface area (Å²) in [6, 6.07) is 2.92. The smallest absolute Gasteiger partial charge is 0.374 e. The van der Waals surface area contributed by atoms with E-state index in [-0.39, 0.29) is 17.6 Å². The van der Waals surface area contributed by atoms with Crippen LogP contribution in [0.3, 0.4) is 0 Å². The molecule has 1 rings (SSSR count). The van der Waals surface area contributed by atoms with Crippen molar-refractivity contribution in [3.63, 3.8) is 0 Å². The van der Waals surface area contributed by atoms with E-state index in [0.717, 1.165) is 0 Å². The van der Waals surface area contributed by atoms with E-state index in [2.05, 4.69) is 0 Å². The van der Waals surface area contributed by atoms with Crippen LogP contribution in [0.4, 0.5) is 8.78 Å². The van der Waals surface area contributed by atoms with Gasteiger partial charge in [-0.1, -0.05) is 11.8 Å². The summed E-state index contributed by atoms with van der Waals surface area (Å²) in [7, 11) is 0. The Morgan fingerprint density at radius 1 is 1.50 bits per heavy atom. The van der Waals surface area contributed by atoms with Crippen LogP contribution >= 0.6 is 11.8 Å². The monoisotopic (exact) mass is 250 g/mol. The minimum Gasteiger partial charge on any atom is -0.457 e. The Bertz CT molecular complexity index is 350. The topological polar surface area (TPSA) is 39.4 Å². The van der Waals surface area contributed by atoms with Gasteiger partial charge in [0.15, 0.2) is 0 Å². The van der Waals surface area contributed by atoms with Gasteiger partial charge in [-0.15, -0.1) is 0 Å². The number of esters is 1. The summed E-state index contributed by atoms with van der Waals surface area (Å²) in [5.74, 6) is -2.62. The Hall–Kier alpha value is -1.04. The Balaban J connectivity index is 2.54. The summed E-state index contributed by atoms with van der Waals surface area (Å²) < 4.78 is 33.7.